The molecule has 25 heavy (non-hydrogen) atoms. The van der Waals surface area contributed by atoms with Crippen LogP contribution < -0.4 is 10.6 Å². The van der Waals surface area contributed by atoms with Gasteiger partial charge in [-0.25, -0.2) is 4.99 Å². The van der Waals surface area contributed by atoms with Gasteiger partial charge < -0.3 is 15.5 Å². The number of guanidine groups is 1. The zero-order chi connectivity index (χ0) is 18.3. The largest absolute Gasteiger partial charge is 0.356 e. The third-order valence-corrected chi connectivity index (χ3v) is 4.44. The van der Waals surface area contributed by atoms with E-state index in [-0.39, 0.29) is 12.5 Å². The molecule has 1 aliphatic carbocycles. The summed E-state index contributed by atoms with van der Waals surface area (Å²) >= 11 is 0. The molecule has 0 aromatic heterocycles. The van der Waals surface area contributed by atoms with Gasteiger partial charge in [0.25, 0.3) is 0 Å². The molecule has 2 rings (SSSR count). The maximum Gasteiger partial charge on any atom is 0.243 e. The Bertz CT molecular complexity index is 618. The number of likely N-dealkylation sites (N-methyl/N-ethyl adjacent to an activating group) is 1. The molecule has 1 fully saturated rings. The molecular weight excluding hydrogens is 312 g/mol. The van der Waals surface area contributed by atoms with Crippen LogP contribution in [0.25, 0.3) is 0 Å². The molecule has 1 aromatic carbocycles. The Morgan fingerprint density at radius 2 is 1.92 bits per heavy atom. The van der Waals surface area contributed by atoms with E-state index in [0.717, 1.165) is 18.5 Å². The molecule has 0 spiro atoms. The first-order chi connectivity index (χ1) is 11.9. The Labute approximate surface area is 151 Å². The Kier molecular flexibility index (Phi) is 6.62. The fourth-order valence-corrected chi connectivity index (χ4v) is 2.59. The number of nitrogens with zero attached hydrogens (tertiary/aromatic N) is 2. The van der Waals surface area contributed by atoms with Gasteiger partial charge in [-0.05, 0) is 37.2 Å². The van der Waals surface area contributed by atoms with E-state index < -0.39 is 0 Å². The SMILES string of the molecule is C=C(C)CNC(=NCC(=O)N(C)C)NCC1(Cc2ccccc2)CC1. The van der Waals surface area contributed by atoms with E-state index in [4.69, 9.17) is 0 Å². The van der Waals surface area contributed by atoms with Crippen LogP contribution in [0.5, 0.6) is 0 Å². The number of amides is 1. The van der Waals surface area contributed by atoms with Gasteiger partial charge in [-0.2, -0.15) is 0 Å². The fraction of sp³-hybridized carbons (Fsp3) is 0.500. The van der Waals surface area contributed by atoms with Gasteiger partial charge in [-0.1, -0.05) is 42.5 Å². The maximum absolute atomic E-state index is 11.8. The van der Waals surface area contributed by atoms with Crippen LogP contribution >= 0.6 is 0 Å². The highest BCUT2D eigenvalue weighted by Gasteiger charge is 2.42. The maximum atomic E-state index is 11.8. The lowest BCUT2D eigenvalue weighted by molar-refractivity contribution is -0.127. The summed E-state index contributed by atoms with van der Waals surface area (Å²) < 4.78 is 0. The lowest BCUT2D eigenvalue weighted by atomic mass is 9.96. The Hall–Kier alpha value is -2.30. The molecule has 0 atom stereocenters. The van der Waals surface area contributed by atoms with Crippen LogP contribution in [-0.2, 0) is 11.2 Å². The third-order valence-electron chi connectivity index (χ3n) is 4.44. The Morgan fingerprint density at radius 3 is 2.48 bits per heavy atom. The standard InChI is InChI=1S/C20H30N4O/c1-16(2)13-21-19(22-14-18(25)24(3)4)23-15-20(10-11-20)12-17-8-6-5-7-9-17/h5-9H,1,10-15H2,2-4H3,(H2,21,22,23). The van der Waals surface area contributed by atoms with Crippen LogP contribution in [0.4, 0.5) is 0 Å². The summed E-state index contributed by atoms with van der Waals surface area (Å²) in [7, 11) is 3.48. The van der Waals surface area contributed by atoms with Crippen molar-refractivity contribution in [2.75, 3.05) is 33.7 Å². The average Bonchev–Trinajstić information content (AvgIpc) is 3.34. The lowest BCUT2D eigenvalue weighted by Gasteiger charge is -2.19. The highest BCUT2D eigenvalue weighted by molar-refractivity contribution is 5.84. The van der Waals surface area contributed by atoms with Gasteiger partial charge >= 0.3 is 0 Å². The zero-order valence-corrected chi connectivity index (χ0v) is 15.6. The van der Waals surface area contributed by atoms with Gasteiger partial charge in [0.1, 0.15) is 6.54 Å². The molecule has 2 N–H and O–H groups in total. The van der Waals surface area contributed by atoms with E-state index >= 15 is 0 Å². The number of hydrogen-bond donors (Lipinski definition) is 2. The van der Waals surface area contributed by atoms with Gasteiger partial charge in [0, 0.05) is 27.2 Å². The summed E-state index contributed by atoms with van der Waals surface area (Å²) in [5, 5.41) is 6.67. The van der Waals surface area contributed by atoms with Crippen LogP contribution in [0.3, 0.4) is 0 Å². The second kappa shape index (κ2) is 8.70. The molecule has 0 radical (unpaired) electrons. The van der Waals surface area contributed by atoms with Gasteiger partial charge in [-0.3, -0.25) is 4.79 Å². The molecular formula is C20H30N4O. The van der Waals surface area contributed by atoms with E-state index in [0.29, 0.717) is 17.9 Å². The minimum Gasteiger partial charge on any atom is -0.356 e. The Morgan fingerprint density at radius 1 is 1.24 bits per heavy atom. The van der Waals surface area contributed by atoms with Crippen LogP contribution in [0.1, 0.15) is 25.3 Å². The number of aliphatic imine (C=N–C) groups is 1. The fourth-order valence-electron chi connectivity index (χ4n) is 2.59. The molecule has 5 nitrogen and oxygen atoms in total. The van der Waals surface area contributed by atoms with Crippen molar-refractivity contribution < 1.29 is 4.79 Å². The van der Waals surface area contributed by atoms with Crippen molar-refractivity contribution in [3.63, 3.8) is 0 Å². The van der Waals surface area contributed by atoms with Gasteiger partial charge in [0.2, 0.25) is 5.91 Å². The molecule has 1 aromatic rings. The van der Waals surface area contributed by atoms with Crippen molar-refractivity contribution in [2.24, 2.45) is 10.4 Å². The van der Waals surface area contributed by atoms with Gasteiger partial charge in [-0.15, -0.1) is 0 Å². The van der Waals surface area contributed by atoms with Crippen molar-refractivity contribution in [2.45, 2.75) is 26.2 Å². The monoisotopic (exact) mass is 342 g/mol. The third kappa shape index (κ3) is 6.61. The minimum absolute atomic E-state index is 0.0122. The topological polar surface area (TPSA) is 56.7 Å². The van der Waals surface area contributed by atoms with E-state index in [2.05, 4.69) is 52.5 Å². The average molecular weight is 342 g/mol. The molecule has 1 aliphatic rings. The summed E-state index contributed by atoms with van der Waals surface area (Å²) in [5.74, 6) is 0.666. The summed E-state index contributed by atoms with van der Waals surface area (Å²) in [6.45, 7) is 7.52. The normalized spacial score (nSPS) is 15.4. The van der Waals surface area contributed by atoms with E-state index in [1.807, 2.05) is 6.92 Å². The summed E-state index contributed by atoms with van der Waals surface area (Å²) in [5.41, 5.74) is 2.70. The van der Waals surface area contributed by atoms with Crippen molar-refractivity contribution in [1.29, 1.82) is 0 Å². The molecule has 5 heteroatoms. The van der Waals surface area contributed by atoms with Gasteiger partial charge in [0.05, 0.1) is 0 Å². The van der Waals surface area contributed by atoms with Crippen molar-refractivity contribution in [3.8, 4) is 0 Å². The summed E-state index contributed by atoms with van der Waals surface area (Å²) in [4.78, 5) is 17.8. The first kappa shape index (κ1) is 19.0. The molecule has 0 saturated heterocycles. The van der Waals surface area contributed by atoms with Crippen LogP contribution in [0.2, 0.25) is 0 Å². The van der Waals surface area contributed by atoms with E-state index in [1.54, 1.807) is 19.0 Å². The molecule has 0 bridgehead atoms. The number of hydrogen-bond acceptors (Lipinski definition) is 2. The Balaban J connectivity index is 1.92. The number of rotatable bonds is 8. The highest BCUT2D eigenvalue weighted by Crippen LogP contribution is 2.47. The highest BCUT2D eigenvalue weighted by atomic mass is 16.2. The quantitative estimate of drug-likeness (QED) is 0.433. The predicted molar refractivity (Wildman–Crippen MR) is 104 cm³/mol. The van der Waals surface area contributed by atoms with Crippen molar-refractivity contribution in [1.82, 2.24) is 15.5 Å². The van der Waals surface area contributed by atoms with E-state index in [9.17, 15) is 4.79 Å². The molecule has 0 aliphatic heterocycles. The first-order valence-electron chi connectivity index (χ1n) is 8.81. The number of benzene rings is 1. The minimum atomic E-state index is -0.0122. The van der Waals surface area contributed by atoms with Crippen LogP contribution in [0, 0.1) is 5.41 Å². The van der Waals surface area contributed by atoms with Crippen LogP contribution in [-0.4, -0.2) is 50.5 Å². The number of carbonyl (C=O) groups is 1. The molecule has 1 amide bonds. The lowest BCUT2D eigenvalue weighted by Crippen LogP contribution is -2.42. The second-order valence-electron chi connectivity index (χ2n) is 7.28. The zero-order valence-electron chi connectivity index (χ0n) is 15.6. The van der Waals surface area contributed by atoms with Crippen LogP contribution in [0.15, 0.2) is 47.5 Å². The summed E-state index contributed by atoms with van der Waals surface area (Å²) in [6, 6.07) is 10.6. The molecule has 0 unspecified atom stereocenters. The van der Waals surface area contributed by atoms with E-state index in [1.165, 1.54) is 18.4 Å². The first-order valence-corrected chi connectivity index (χ1v) is 8.81. The second-order valence-corrected chi connectivity index (χ2v) is 7.28. The smallest absolute Gasteiger partial charge is 0.243 e. The molecule has 0 heterocycles. The number of carbonyl (C=O) groups excluding carboxylic acids is 1. The predicted octanol–water partition coefficient (Wildman–Crippen LogP) is 2.21. The molecule has 1 saturated carbocycles. The van der Waals surface area contributed by atoms with Gasteiger partial charge in [0.15, 0.2) is 5.96 Å². The van der Waals surface area contributed by atoms with Crippen molar-refractivity contribution in [3.05, 3.63) is 48.0 Å². The molecule has 136 valence electrons. The number of nitrogens with one attached hydrogen (secondary N) is 2. The summed E-state index contributed by atoms with van der Waals surface area (Å²) in [6.07, 6.45) is 3.52. The van der Waals surface area contributed by atoms with Crippen molar-refractivity contribution >= 4 is 11.9 Å².